The lowest BCUT2D eigenvalue weighted by Gasteiger charge is -2.14. The molecular formula is C32H22N4O8. The molecule has 4 aromatic carbocycles. The van der Waals surface area contributed by atoms with Crippen molar-refractivity contribution in [3.05, 3.63) is 151 Å². The molecule has 2 heterocycles. The van der Waals surface area contributed by atoms with E-state index in [1.807, 2.05) is 0 Å². The first-order valence-corrected chi connectivity index (χ1v) is 13.5. The molecule has 0 N–H and O–H groups in total. The Morgan fingerprint density at radius 1 is 0.591 bits per heavy atom. The van der Waals surface area contributed by atoms with Crippen LogP contribution in [0.4, 0.5) is 11.4 Å². The van der Waals surface area contributed by atoms with Gasteiger partial charge < -0.3 is 9.47 Å². The van der Waals surface area contributed by atoms with E-state index >= 15 is 0 Å². The van der Waals surface area contributed by atoms with Crippen LogP contribution in [0.15, 0.2) is 107 Å². The van der Waals surface area contributed by atoms with Crippen molar-refractivity contribution in [3.8, 4) is 0 Å². The van der Waals surface area contributed by atoms with E-state index in [1.54, 1.807) is 48.5 Å². The molecule has 44 heavy (non-hydrogen) atoms. The smallest absolute Gasteiger partial charge is 0.339 e. The number of cyclic esters (lactones) is 2. The second-order valence-corrected chi connectivity index (χ2v) is 10.1. The van der Waals surface area contributed by atoms with Crippen molar-refractivity contribution in [1.29, 1.82) is 0 Å². The minimum absolute atomic E-state index is 0.109. The zero-order chi connectivity index (χ0) is 30.8. The molecule has 0 saturated carbocycles. The molecule has 4 aromatic rings. The van der Waals surface area contributed by atoms with Gasteiger partial charge in [0.05, 0.1) is 32.4 Å². The third-order valence-electron chi connectivity index (χ3n) is 7.43. The summed E-state index contributed by atoms with van der Waals surface area (Å²) in [6.07, 6.45) is -1.13. The summed E-state index contributed by atoms with van der Waals surface area (Å²) in [7, 11) is 0. The molecule has 2 aliphatic heterocycles. The number of esters is 2. The number of hydrogen-bond acceptors (Lipinski definition) is 10. The van der Waals surface area contributed by atoms with Crippen molar-refractivity contribution in [2.45, 2.75) is 25.0 Å². The normalized spacial score (nSPS) is 17.5. The van der Waals surface area contributed by atoms with Crippen LogP contribution in [0, 0.1) is 20.2 Å². The summed E-state index contributed by atoms with van der Waals surface area (Å²) in [4.78, 5) is 46.5. The van der Waals surface area contributed by atoms with Crippen molar-refractivity contribution in [2.75, 3.05) is 0 Å². The number of benzene rings is 4. The van der Waals surface area contributed by atoms with Gasteiger partial charge in [-0.05, 0) is 47.5 Å². The summed E-state index contributed by atoms with van der Waals surface area (Å²) in [5.74, 6) is -0.934. The van der Waals surface area contributed by atoms with E-state index in [2.05, 4.69) is 10.2 Å². The first-order valence-electron chi connectivity index (χ1n) is 13.5. The third-order valence-corrected chi connectivity index (χ3v) is 7.43. The zero-order valence-electron chi connectivity index (χ0n) is 22.9. The molecule has 0 spiro atoms. The highest BCUT2D eigenvalue weighted by molar-refractivity contribution is 6.05. The molecule has 0 saturated heterocycles. The number of fused-ring (bicyclic) bond motifs is 2. The molecule has 2 atom stereocenters. The molecular weight excluding hydrogens is 568 g/mol. The number of rotatable bonds is 9. The highest BCUT2D eigenvalue weighted by Crippen LogP contribution is 2.36. The third kappa shape index (κ3) is 5.55. The van der Waals surface area contributed by atoms with E-state index in [9.17, 15) is 29.8 Å². The monoisotopic (exact) mass is 590 g/mol. The molecule has 0 bridgehead atoms. The summed E-state index contributed by atoms with van der Waals surface area (Å²) < 4.78 is 11.3. The SMILES string of the molecule is O=C1O[C@@H](C/C(=N\N=C(/C[C@H]2OC(=O)c3ccccc32)c2ccc([N+](=O)[O-])cc2)c2ccc([N+](=O)[O-])cc2)c2ccccc21. The second kappa shape index (κ2) is 11.7. The largest absolute Gasteiger partial charge is 0.453 e. The van der Waals surface area contributed by atoms with E-state index < -0.39 is 34.0 Å². The lowest BCUT2D eigenvalue weighted by molar-refractivity contribution is -0.385. The van der Waals surface area contributed by atoms with Crippen LogP contribution in [0.25, 0.3) is 0 Å². The predicted octanol–water partition coefficient (Wildman–Crippen LogP) is 6.30. The molecule has 2 aliphatic rings. The van der Waals surface area contributed by atoms with Gasteiger partial charge >= 0.3 is 11.9 Å². The van der Waals surface area contributed by atoms with Gasteiger partial charge in [0, 0.05) is 48.2 Å². The Balaban J connectivity index is 1.42. The number of hydrogen-bond donors (Lipinski definition) is 0. The van der Waals surface area contributed by atoms with Crippen LogP contribution in [0.1, 0.15) is 68.0 Å². The fourth-order valence-electron chi connectivity index (χ4n) is 5.20. The molecule has 0 amide bonds. The molecule has 0 radical (unpaired) electrons. The topological polar surface area (TPSA) is 164 Å². The molecule has 12 nitrogen and oxygen atoms in total. The Morgan fingerprint density at radius 3 is 1.32 bits per heavy atom. The molecule has 0 aromatic heterocycles. The van der Waals surface area contributed by atoms with Crippen LogP contribution in [0.3, 0.4) is 0 Å². The standard InChI is InChI=1S/C32H22N4O8/c37-31-25-7-3-1-5-23(25)29(43-31)17-27(19-9-13-21(14-10-19)35(39)40)33-34-28(20-11-15-22(16-12-20)36(41)42)18-30-24-6-2-4-8-26(24)32(38)44-30/h1-16,29-30H,17-18H2/b33-27+,34-28+/t29-,30+. The summed E-state index contributed by atoms with van der Waals surface area (Å²) in [6.45, 7) is 0. The Morgan fingerprint density at radius 2 is 0.955 bits per heavy atom. The molecule has 12 heteroatoms. The molecule has 0 aliphatic carbocycles. The summed E-state index contributed by atoms with van der Waals surface area (Å²) in [5.41, 5.74) is 3.80. The van der Waals surface area contributed by atoms with Gasteiger partial charge in [-0.2, -0.15) is 10.2 Å². The average molecular weight is 591 g/mol. The zero-order valence-corrected chi connectivity index (χ0v) is 22.9. The van der Waals surface area contributed by atoms with Gasteiger partial charge in [-0.25, -0.2) is 9.59 Å². The highest BCUT2D eigenvalue weighted by atomic mass is 16.6. The fraction of sp³-hybridized carbons (Fsp3) is 0.125. The summed E-state index contributed by atoms with van der Waals surface area (Å²) in [5, 5.41) is 31.6. The lowest BCUT2D eigenvalue weighted by atomic mass is 9.97. The van der Waals surface area contributed by atoms with Gasteiger partial charge in [0.2, 0.25) is 0 Å². The van der Waals surface area contributed by atoms with Gasteiger partial charge in [0.1, 0.15) is 12.2 Å². The van der Waals surface area contributed by atoms with Crippen LogP contribution >= 0.6 is 0 Å². The van der Waals surface area contributed by atoms with Crippen LogP contribution in [-0.2, 0) is 9.47 Å². The second-order valence-electron chi connectivity index (χ2n) is 10.1. The van der Waals surface area contributed by atoms with Crippen molar-refractivity contribution in [3.63, 3.8) is 0 Å². The van der Waals surface area contributed by atoms with Gasteiger partial charge in [-0.3, -0.25) is 20.2 Å². The minimum atomic E-state index is -0.673. The summed E-state index contributed by atoms with van der Waals surface area (Å²) in [6, 6.07) is 25.5. The van der Waals surface area contributed by atoms with Crippen molar-refractivity contribution in [2.24, 2.45) is 10.2 Å². The number of non-ortho nitro benzene ring substituents is 2. The molecule has 218 valence electrons. The first kappa shape index (κ1) is 28.1. The van der Waals surface area contributed by atoms with E-state index in [-0.39, 0.29) is 24.2 Å². The number of nitrogens with zero attached hydrogens (tertiary/aromatic N) is 4. The predicted molar refractivity (Wildman–Crippen MR) is 158 cm³/mol. The van der Waals surface area contributed by atoms with Crippen LogP contribution in [0.2, 0.25) is 0 Å². The molecule has 6 rings (SSSR count). The van der Waals surface area contributed by atoms with E-state index in [4.69, 9.17) is 9.47 Å². The number of carbonyl (C=O) groups excluding carboxylic acids is 2. The number of nitro benzene ring substituents is 2. The van der Waals surface area contributed by atoms with Crippen molar-refractivity contribution < 1.29 is 28.9 Å². The van der Waals surface area contributed by atoms with Gasteiger partial charge in [0.25, 0.3) is 11.4 Å². The maximum Gasteiger partial charge on any atom is 0.339 e. The van der Waals surface area contributed by atoms with Crippen LogP contribution in [0.5, 0.6) is 0 Å². The Labute approximate surface area is 249 Å². The maximum atomic E-state index is 12.5. The minimum Gasteiger partial charge on any atom is -0.453 e. The average Bonchev–Trinajstić information content (AvgIpc) is 3.53. The number of ether oxygens (including phenoxy) is 2. The quantitative estimate of drug-likeness (QED) is 0.0948. The van der Waals surface area contributed by atoms with Gasteiger partial charge in [-0.1, -0.05) is 36.4 Å². The van der Waals surface area contributed by atoms with E-state index in [0.29, 0.717) is 44.8 Å². The van der Waals surface area contributed by atoms with E-state index in [0.717, 1.165) is 0 Å². The first-order chi connectivity index (χ1) is 21.3. The lowest BCUT2D eigenvalue weighted by Crippen LogP contribution is -2.11. The number of carbonyl (C=O) groups is 2. The van der Waals surface area contributed by atoms with Crippen molar-refractivity contribution in [1.82, 2.24) is 0 Å². The van der Waals surface area contributed by atoms with Crippen LogP contribution < -0.4 is 0 Å². The Bertz CT molecular complexity index is 1730. The van der Waals surface area contributed by atoms with E-state index in [1.165, 1.54) is 48.5 Å². The molecule has 0 fully saturated rings. The van der Waals surface area contributed by atoms with Crippen LogP contribution in [-0.4, -0.2) is 33.2 Å². The maximum absolute atomic E-state index is 12.5. The summed E-state index contributed by atoms with van der Waals surface area (Å²) >= 11 is 0. The Hall–Kier alpha value is -6.04. The molecule has 0 unspecified atom stereocenters. The van der Waals surface area contributed by atoms with Gasteiger partial charge in [-0.15, -0.1) is 0 Å². The fourth-order valence-corrected chi connectivity index (χ4v) is 5.20. The number of nitro groups is 2. The highest BCUT2D eigenvalue weighted by Gasteiger charge is 2.33. The Kier molecular flexibility index (Phi) is 7.46. The van der Waals surface area contributed by atoms with Gasteiger partial charge in [0.15, 0.2) is 0 Å². The van der Waals surface area contributed by atoms with Crippen molar-refractivity contribution >= 4 is 34.7 Å².